The van der Waals surface area contributed by atoms with Crippen molar-refractivity contribution in [1.29, 1.82) is 5.26 Å². The number of carbonyl (C=O) groups excluding carboxylic acids is 1. The number of carbonyl (C=O) groups is 1. The van der Waals surface area contributed by atoms with Crippen LogP contribution in [0.15, 0.2) is 36.4 Å². The molecule has 0 bridgehead atoms. The zero-order valence-electron chi connectivity index (χ0n) is 15.7. The van der Waals surface area contributed by atoms with Crippen LogP contribution in [0.2, 0.25) is 0 Å². The van der Waals surface area contributed by atoms with Gasteiger partial charge in [-0.25, -0.2) is 8.78 Å². The van der Waals surface area contributed by atoms with Crippen molar-refractivity contribution >= 4 is 11.6 Å². The molecule has 1 aliphatic rings. The number of morpholine rings is 1. The van der Waals surface area contributed by atoms with Gasteiger partial charge in [0, 0.05) is 25.2 Å². The molecule has 1 amide bonds. The highest BCUT2D eigenvalue weighted by atomic mass is 19.1. The van der Waals surface area contributed by atoms with E-state index in [0.717, 1.165) is 17.7 Å². The van der Waals surface area contributed by atoms with Gasteiger partial charge in [-0.3, -0.25) is 4.79 Å². The summed E-state index contributed by atoms with van der Waals surface area (Å²) >= 11 is 0. The number of amides is 1. The van der Waals surface area contributed by atoms with Gasteiger partial charge in [-0.2, -0.15) is 5.26 Å². The number of rotatable bonds is 4. The number of nitriles is 1. The quantitative estimate of drug-likeness (QED) is 0.872. The van der Waals surface area contributed by atoms with Gasteiger partial charge in [-0.1, -0.05) is 12.1 Å². The fourth-order valence-electron chi connectivity index (χ4n) is 3.29. The molecule has 0 aromatic heterocycles. The first-order chi connectivity index (χ1) is 13.4. The van der Waals surface area contributed by atoms with E-state index in [2.05, 4.69) is 5.32 Å². The van der Waals surface area contributed by atoms with Gasteiger partial charge in [-0.05, 0) is 43.7 Å². The number of benzene rings is 2. The third-order valence-electron chi connectivity index (χ3n) is 4.55. The Kier molecular flexibility index (Phi) is 5.90. The van der Waals surface area contributed by atoms with Crippen molar-refractivity contribution in [3.05, 3.63) is 64.7 Å². The maximum Gasteiger partial charge on any atom is 0.254 e. The van der Waals surface area contributed by atoms with Gasteiger partial charge >= 0.3 is 0 Å². The third-order valence-corrected chi connectivity index (χ3v) is 4.55. The lowest BCUT2D eigenvalue weighted by atomic mass is 10.1. The molecule has 146 valence electrons. The molecule has 2 aromatic rings. The van der Waals surface area contributed by atoms with Gasteiger partial charge in [-0.15, -0.1) is 0 Å². The van der Waals surface area contributed by atoms with Crippen LogP contribution in [0.3, 0.4) is 0 Å². The molecular formula is C21H21F2N3O2. The fourth-order valence-corrected chi connectivity index (χ4v) is 3.29. The molecule has 0 spiro atoms. The van der Waals surface area contributed by atoms with Crippen LogP contribution < -0.4 is 5.32 Å². The number of anilines is 1. The first-order valence-electron chi connectivity index (χ1n) is 9.04. The standard InChI is InChI=1S/C21H21F2N3O2/c1-13-11-26(12-14(2)28-13)21(27)17-5-3-15(4-6-17)10-25-20-18(22)7-16(9-24)8-19(20)23/h3-8,13-14,25H,10-12H2,1-2H3. The van der Waals surface area contributed by atoms with Gasteiger partial charge in [0.2, 0.25) is 0 Å². The minimum absolute atomic E-state index is 0.00612. The van der Waals surface area contributed by atoms with Crippen molar-refractivity contribution in [3.8, 4) is 6.07 Å². The number of ether oxygens (including phenoxy) is 1. The van der Waals surface area contributed by atoms with Crippen molar-refractivity contribution < 1.29 is 18.3 Å². The largest absolute Gasteiger partial charge is 0.376 e. The molecule has 1 heterocycles. The molecule has 2 unspecified atom stereocenters. The Morgan fingerprint density at radius 3 is 2.29 bits per heavy atom. The van der Waals surface area contributed by atoms with E-state index in [1.807, 2.05) is 13.8 Å². The topological polar surface area (TPSA) is 65.4 Å². The first-order valence-corrected chi connectivity index (χ1v) is 9.04. The summed E-state index contributed by atoms with van der Waals surface area (Å²) in [6.07, 6.45) is -0.0122. The van der Waals surface area contributed by atoms with Crippen LogP contribution in [0.25, 0.3) is 0 Å². The SMILES string of the molecule is CC1CN(C(=O)c2ccc(CNc3c(F)cc(C#N)cc3F)cc2)CC(C)O1. The van der Waals surface area contributed by atoms with Crippen LogP contribution >= 0.6 is 0 Å². The smallest absolute Gasteiger partial charge is 0.254 e. The van der Waals surface area contributed by atoms with Crippen LogP contribution in [0, 0.1) is 23.0 Å². The highest BCUT2D eigenvalue weighted by molar-refractivity contribution is 5.94. The summed E-state index contributed by atoms with van der Waals surface area (Å²) in [5, 5.41) is 11.4. The Morgan fingerprint density at radius 1 is 1.18 bits per heavy atom. The molecule has 2 aromatic carbocycles. The molecule has 1 fully saturated rings. The second-order valence-electron chi connectivity index (χ2n) is 6.94. The lowest BCUT2D eigenvalue weighted by Crippen LogP contribution is -2.48. The van der Waals surface area contributed by atoms with Crippen molar-refractivity contribution in [3.63, 3.8) is 0 Å². The van der Waals surface area contributed by atoms with Crippen molar-refractivity contribution in [2.45, 2.75) is 32.6 Å². The Labute approximate surface area is 162 Å². The van der Waals surface area contributed by atoms with E-state index >= 15 is 0 Å². The highest BCUT2D eigenvalue weighted by Gasteiger charge is 2.26. The summed E-state index contributed by atoms with van der Waals surface area (Å²) in [5.74, 6) is -1.71. The van der Waals surface area contributed by atoms with Crippen LogP contribution in [0.1, 0.15) is 35.3 Å². The van der Waals surface area contributed by atoms with Gasteiger partial charge in [0.1, 0.15) is 5.69 Å². The van der Waals surface area contributed by atoms with Crippen LogP contribution in [0.5, 0.6) is 0 Å². The average Bonchev–Trinajstić information content (AvgIpc) is 2.66. The zero-order chi connectivity index (χ0) is 20.3. The van der Waals surface area contributed by atoms with Gasteiger partial charge in [0.25, 0.3) is 5.91 Å². The predicted octanol–water partition coefficient (Wildman–Crippen LogP) is 3.70. The normalized spacial score (nSPS) is 19.2. The second kappa shape index (κ2) is 8.36. The van der Waals surface area contributed by atoms with E-state index in [4.69, 9.17) is 10.00 Å². The van der Waals surface area contributed by atoms with E-state index in [1.54, 1.807) is 35.2 Å². The molecule has 1 aliphatic heterocycles. The Bertz CT molecular complexity index is 876. The lowest BCUT2D eigenvalue weighted by Gasteiger charge is -2.35. The van der Waals surface area contributed by atoms with Crippen LogP contribution in [-0.4, -0.2) is 36.1 Å². The zero-order valence-corrected chi connectivity index (χ0v) is 15.7. The number of nitrogens with zero attached hydrogens (tertiary/aromatic N) is 2. The summed E-state index contributed by atoms with van der Waals surface area (Å²) in [5.41, 5.74) is 0.967. The van der Waals surface area contributed by atoms with E-state index < -0.39 is 11.6 Å². The van der Waals surface area contributed by atoms with E-state index in [9.17, 15) is 13.6 Å². The van der Waals surface area contributed by atoms with E-state index in [0.29, 0.717) is 18.7 Å². The second-order valence-corrected chi connectivity index (χ2v) is 6.94. The van der Waals surface area contributed by atoms with Gasteiger partial charge in [0.15, 0.2) is 11.6 Å². The molecular weight excluding hydrogens is 364 g/mol. The van der Waals surface area contributed by atoms with E-state index in [-0.39, 0.29) is 35.9 Å². The summed E-state index contributed by atoms with van der Waals surface area (Å²) < 4.78 is 33.5. The summed E-state index contributed by atoms with van der Waals surface area (Å²) in [7, 11) is 0. The minimum Gasteiger partial charge on any atom is -0.376 e. The molecule has 0 aliphatic carbocycles. The lowest BCUT2D eigenvalue weighted by molar-refractivity contribution is -0.0586. The molecule has 0 saturated carbocycles. The Morgan fingerprint density at radius 2 is 1.75 bits per heavy atom. The number of hydrogen-bond donors (Lipinski definition) is 1. The predicted molar refractivity (Wildman–Crippen MR) is 101 cm³/mol. The van der Waals surface area contributed by atoms with Crippen molar-refractivity contribution in [2.75, 3.05) is 18.4 Å². The Balaban J connectivity index is 1.65. The average molecular weight is 385 g/mol. The monoisotopic (exact) mass is 385 g/mol. The fraction of sp³-hybridized carbons (Fsp3) is 0.333. The molecule has 1 N–H and O–H groups in total. The molecule has 5 nitrogen and oxygen atoms in total. The van der Waals surface area contributed by atoms with Crippen LogP contribution in [0.4, 0.5) is 14.5 Å². The van der Waals surface area contributed by atoms with Crippen molar-refractivity contribution in [2.24, 2.45) is 0 Å². The van der Waals surface area contributed by atoms with Crippen molar-refractivity contribution in [1.82, 2.24) is 4.90 Å². The third kappa shape index (κ3) is 4.46. The van der Waals surface area contributed by atoms with Gasteiger partial charge < -0.3 is 15.0 Å². The summed E-state index contributed by atoms with van der Waals surface area (Å²) in [6.45, 7) is 5.14. The number of halogens is 2. The summed E-state index contributed by atoms with van der Waals surface area (Å²) in [6, 6.07) is 10.6. The molecule has 7 heteroatoms. The summed E-state index contributed by atoms with van der Waals surface area (Å²) in [4.78, 5) is 14.4. The number of nitrogens with one attached hydrogen (secondary N) is 1. The molecule has 2 atom stereocenters. The highest BCUT2D eigenvalue weighted by Crippen LogP contribution is 2.21. The molecule has 0 radical (unpaired) electrons. The molecule has 3 rings (SSSR count). The van der Waals surface area contributed by atoms with Gasteiger partial charge in [0.05, 0.1) is 23.8 Å². The Hall–Kier alpha value is -2.98. The number of hydrogen-bond acceptors (Lipinski definition) is 4. The van der Waals surface area contributed by atoms with E-state index in [1.165, 1.54) is 0 Å². The maximum atomic E-state index is 13.9. The van der Waals surface area contributed by atoms with Crippen LogP contribution in [-0.2, 0) is 11.3 Å². The molecule has 1 saturated heterocycles. The maximum absolute atomic E-state index is 13.9. The first kappa shape index (κ1) is 19.8. The minimum atomic E-state index is -0.820. The molecule has 28 heavy (non-hydrogen) atoms.